The van der Waals surface area contributed by atoms with Crippen molar-refractivity contribution < 1.29 is 19.4 Å². The van der Waals surface area contributed by atoms with Gasteiger partial charge in [-0.3, -0.25) is 0 Å². The summed E-state index contributed by atoms with van der Waals surface area (Å²) in [6.45, 7) is 2.30. The number of halogens is 1. The lowest BCUT2D eigenvalue weighted by molar-refractivity contribution is -0.000876. The molecule has 0 saturated heterocycles. The highest BCUT2D eigenvalue weighted by molar-refractivity contribution is 5.93. The Balaban J connectivity index is 2.09. The predicted octanol–water partition coefficient (Wildman–Crippen LogP) is 2.27. The Hall–Kier alpha value is -1.69. The van der Waals surface area contributed by atoms with Crippen LogP contribution < -0.4 is 5.32 Å². The zero-order valence-electron chi connectivity index (χ0n) is 11.4. The van der Waals surface area contributed by atoms with Crippen molar-refractivity contribution in [1.82, 2.24) is 4.98 Å². The summed E-state index contributed by atoms with van der Waals surface area (Å²) in [6.07, 6.45) is 4.35. The first-order chi connectivity index (χ1) is 9.39. The molecular weight excluding hydrogens is 263 g/mol. The van der Waals surface area contributed by atoms with Crippen LogP contribution in [0.4, 0.5) is 10.2 Å². The third-order valence-electron chi connectivity index (χ3n) is 3.74. The third-order valence-corrected chi connectivity index (χ3v) is 3.74. The first-order valence-electron chi connectivity index (χ1n) is 6.75. The van der Waals surface area contributed by atoms with Gasteiger partial charge in [-0.2, -0.15) is 0 Å². The number of hydrogen-bond donors (Lipinski definition) is 3. The highest BCUT2D eigenvalue weighted by atomic mass is 19.1. The summed E-state index contributed by atoms with van der Waals surface area (Å²) in [5.74, 6) is -1.41. The second kappa shape index (κ2) is 5.75. The summed E-state index contributed by atoms with van der Waals surface area (Å²) in [7, 11) is 0. The molecule has 6 heteroatoms. The fraction of sp³-hybridized carbons (Fsp3) is 0.571. The lowest BCUT2D eigenvalue weighted by Crippen LogP contribution is -2.41. The quantitative estimate of drug-likeness (QED) is 0.789. The van der Waals surface area contributed by atoms with E-state index >= 15 is 0 Å². The van der Waals surface area contributed by atoms with Gasteiger partial charge >= 0.3 is 5.97 Å². The van der Waals surface area contributed by atoms with Gasteiger partial charge in [-0.25, -0.2) is 14.2 Å². The minimum Gasteiger partial charge on any atom is -0.478 e. The van der Waals surface area contributed by atoms with Crippen LogP contribution in [0.1, 0.15) is 43.0 Å². The van der Waals surface area contributed by atoms with E-state index in [1.165, 1.54) is 0 Å². The lowest BCUT2D eigenvalue weighted by atomic mass is 9.79. The first-order valence-corrected chi connectivity index (χ1v) is 6.75. The van der Waals surface area contributed by atoms with E-state index in [0.717, 1.165) is 25.1 Å². The van der Waals surface area contributed by atoms with Gasteiger partial charge in [-0.1, -0.05) is 19.8 Å². The summed E-state index contributed by atoms with van der Waals surface area (Å²) in [4.78, 5) is 14.8. The van der Waals surface area contributed by atoms with Gasteiger partial charge in [0.1, 0.15) is 17.2 Å². The van der Waals surface area contributed by atoms with Crippen molar-refractivity contribution in [2.45, 2.75) is 38.2 Å². The SMILES string of the molecule is CC1CCCC(O)(CNc2ncc(F)cc2C(=O)O)C1. The van der Waals surface area contributed by atoms with E-state index in [1.54, 1.807) is 0 Å². The van der Waals surface area contributed by atoms with Crippen molar-refractivity contribution >= 4 is 11.8 Å². The number of aliphatic hydroxyl groups is 1. The van der Waals surface area contributed by atoms with E-state index in [-0.39, 0.29) is 17.9 Å². The Morgan fingerprint density at radius 1 is 1.65 bits per heavy atom. The Morgan fingerprint density at radius 3 is 3.05 bits per heavy atom. The zero-order chi connectivity index (χ0) is 14.8. The lowest BCUT2D eigenvalue weighted by Gasteiger charge is -2.35. The number of carbonyl (C=O) groups is 1. The average molecular weight is 282 g/mol. The molecule has 20 heavy (non-hydrogen) atoms. The van der Waals surface area contributed by atoms with Crippen LogP contribution in [-0.4, -0.2) is 33.3 Å². The molecule has 0 bridgehead atoms. The zero-order valence-corrected chi connectivity index (χ0v) is 11.4. The third kappa shape index (κ3) is 3.45. The van der Waals surface area contributed by atoms with Crippen molar-refractivity contribution in [1.29, 1.82) is 0 Å². The molecular formula is C14H19FN2O3. The monoisotopic (exact) mass is 282 g/mol. The number of aromatic carboxylic acids is 1. The Labute approximate surface area is 116 Å². The van der Waals surface area contributed by atoms with Crippen molar-refractivity contribution in [3.8, 4) is 0 Å². The Bertz CT molecular complexity index is 509. The number of pyridine rings is 1. The van der Waals surface area contributed by atoms with Gasteiger partial charge < -0.3 is 15.5 Å². The molecule has 0 radical (unpaired) electrons. The molecule has 0 aromatic carbocycles. The second-order valence-corrected chi connectivity index (χ2v) is 5.63. The highest BCUT2D eigenvalue weighted by Gasteiger charge is 2.32. The number of rotatable bonds is 4. The highest BCUT2D eigenvalue weighted by Crippen LogP contribution is 2.32. The predicted molar refractivity (Wildman–Crippen MR) is 72.2 cm³/mol. The molecule has 2 unspecified atom stereocenters. The van der Waals surface area contributed by atoms with E-state index in [9.17, 15) is 14.3 Å². The van der Waals surface area contributed by atoms with Crippen molar-refractivity contribution in [2.24, 2.45) is 5.92 Å². The smallest absolute Gasteiger partial charge is 0.339 e. The molecule has 1 heterocycles. The van der Waals surface area contributed by atoms with Crippen molar-refractivity contribution in [3.05, 3.63) is 23.6 Å². The first kappa shape index (κ1) is 14.7. The van der Waals surface area contributed by atoms with Gasteiger partial charge in [0.25, 0.3) is 0 Å². The number of anilines is 1. The van der Waals surface area contributed by atoms with Crippen LogP contribution in [-0.2, 0) is 0 Å². The van der Waals surface area contributed by atoms with E-state index in [2.05, 4.69) is 17.2 Å². The normalized spacial score (nSPS) is 26.2. The maximum Gasteiger partial charge on any atom is 0.339 e. The Kier molecular flexibility index (Phi) is 4.23. The topological polar surface area (TPSA) is 82.5 Å². The number of aromatic nitrogens is 1. The number of carboxylic acid groups (broad SMARTS) is 1. The van der Waals surface area contributed by atoms with E-state index < -0.39 is 17.4 Å². The maximum atomic E-state index is 13.0. The van der Waals surface area contributed by atoms with Crippen molar-refractivity contribution in [3.63, 3.8) is 0 Å². The molecule has 1 fully saturated rings. The molecule has 0 spiro atoms. The number of nitrogens with zero attached hydrogens (tertiary/aromatic N) is 1. The van der Waals surface area contributed by atoms with Crippen molar-refractivity contribution in [2.75, 3.05) is 11.9 Å². The van der Waals surface area contributed by atoms with E-state index in [4.69, 9.17) is 5.11 Å². The fourth-order valence-corrected chi connectivity index (χ4v) is 2.78. The van der Waals surface area contributed by atoms with Crippen LogP contribution >= 0.6 is 0 Å². The molecule has 5 nitrogen and oxygen atoms in total. The largest absolute Gasteiger partial charge is 0.478 e. The molecule has 1 saturated carbocycles. The van der Waals surface area contributed by atoms with Crippen LogP contribution in [0.3, 0.4) is 0 Å². The number of hydrogen-bond acceptors (Lipinski definition) is 4. The van der Waals surface area contributed by atoms with Gasteiger partial charge in [0.05, 0.1) is 11.8 Å². The van der Waals surface area contributed by atoms with Crippen LogP contribution in [0.2, 0.25) is 0 Å². The summed E-state index contributed by atoms with van der Waals surface area (Å²) >= 11 is 0. The number of carboxylic acids is 1. The van der Waals surface area contributed by atoms with Gasteiger partial charge in [0.2, 0.25) is 0 Å². The van der Waals surface area contributed by atoms with Crippen LogP contribution in [0.15, 0.2) is 12.3 Å². The molecule has 2 rings (SSSR count). The van der Waals surface area contributed by atoms with E-state index in [1.807, 2.05) is 0 Å². The molecule has 0 aliphatic heterocycles. The average Bonchev–Trinajstić information content (AvgIpc) is 2.37. The molecule has 1 aliphatic carbocycles. The molecule has 2 atom stereocenters. The molecule has 110 valence electrons. The van der Waals surface area contributed by atoms with Crippen LogP contribution in [0.25, 0.3) is 0 Å². The molecule has 3 N–H and O–H groups in total. The van der Waals surface area contributed by atoms with Crippen LogP contribution in [0, 0.1) is 11.7 Å². The van der Waals surface area contributed by atoms with Gasteiger partial charge in [-0.05, 0) is 24.8 Å². The minimum absolute atomic E-state index is 0.0885. The van der Waals surface area contributed by atoms with Crippen LogP contribution in [0.5, 0.6) is 0 Å². The van der Waals surface area contributed by atoms with E-state index in [0.29, 0.717) is 18.8 Å². The van der Waals surface area contributed by atoms with Gasteiger partial charge in [-0.15, -0.1) is 0 Å². The fourth-order valence-electron chi connectivity index (χ4n) is 2.78. The second-order valence-electron chi connectivity index (χ2n) is 5.63. The minimum atomic E-state index is -1.25. The molecule has 1 aromatic heterocycles. The van der Waals surface area contributed by atoms with Gasteiger partial charge in [0, 0.05) is 6.54 Å². The summed E-state index contributed by atoms with van der Waals surface area (Å²) in [5, 5.41) is 22.3. The summed E-state index contributed by atoms with van der Waals surface area (Å²) in [6, 6.07) is 0.922. The molecule has 1 aliphatic rings. The standard InChI is InChI=1S/C14H19FN2O3/c1-9-3-2-4-14(20,6-9)8-17-12-11(13(18)19)5-10(15)7-16-12/h5,7,9,20H,2-4,6,8H2,1H3,(H,16,17)(H,18,19). The number of nitrogens with one attached hydrogen (secondary N) is 1. The maximum absolute atomic E-state index is 13.0. The summed E-state index contributed by atoms with van der Waals surface area (Å²) in [5.41, 5.74) is -1.08. The van der Waals surface area contributed by atoms with Gasteiger partial charge in [0.15, 0.2) is 0 Å². The molecule has 1 aromatic rings. The molecule has 0 amide bonds. The Morgan fingerprint density at radius 2 is 2.40 bits per heavy atom. The summed E-state index contributed by atoms with van der Waals surface area (Å²) < 4.78 is 13.0.